The molecule has 1 aliphatic heterocycles. The number of nitrogens with two attached hydrogens (primary N) is 1. The fourth-order valence-corrected chi connectivity index (χ4v) is 4.85. The SMILES string of the molecule is CN(C)C=O.Cn1nc(C2CCC2)c2c1Cc1cccnc1-c1ccc(F)cc1COc1cc-2cnc1N. The van der Waals surface area contributed by atoms with Gasteiger partial charge in [-0.05, 0) is 48.7 Å². The second kappa shape index (κ2) is 10.6. The molecule has 9 heteroatoms. The summed E-state index contributed by atoms with van der Waals surface area (Å²) >= 11 is 0. The average molecular weight is 515 g/mol. The Morgan fingerprint density at radius 1 is 1.16 bits per heavy atom. The first-order chi connectivity index (χ1) is 18.4. The fourth-order valence-electron chi connectivity index (χ4n) is 4.85. The van der Waals surface area contributed by atoms with E-state index in [1.165, 1.54) is 23.5 Å². The highest BCUT2D eigenvalue weighted by atomic mass is 19.1. The van der Waals surface area contributed by atoms with Crippen LogP contribution in [0.2, 0.25) is 0 Å². The Hall–Kier alpha value is -4.27. The molecular formula is C29H31FN6O2. The fraction of sp³-hybridized carbons (Fsp3) is 0.310. The minimum atomic E-state index is -0.319. The summed E-state index contributed by atoms with van der Waals surface area (Å²) in [5, 5.41) is 4.96. The molecule has 4 heterocycles. The molecule has 0 unspecified atom stereocenters. The zero-order valence-corrected chi connectivity index (χ0v) is 21.8. The van der Waals surface area contributed by atoms with E-state index in [0.29, 0.717) is 29.5 Å². The number of benzene rings is 1. The Bertz CT molecular complexity index is 1480. The summed E-state index contributed by atoms with van der Waals surface area (Å²) in [4.78, 5) is 20.0. The monoisotopic (exact) mass is 514 g/mol. The lowest BCUT2D eigenvalue weighted by molar-refractivity contribution is -0.115. The summed E-state index contributed by atoms with van der Waals surface area (Å²) in [6.45, 7) is 0.161. The van der Waals surface area contributed by atoms with E-state index in [1.807, 2.05) is 23.9 Å². The second-order valence-electron chi connectivity index (χ2n) is 9.91. The maximum Gasteiger partial charge on any atom is 0.209 e. The van der Waals surface area contributed by atoms with Crippen molar-refractivity contribution in [2.24, 2.45) is 7.05 Å². The molecular weight excluding hydrogens is 483 g/mol. The van der Waals surface area contributed by atoms with E-state index < -0.39 is 0 Å². The molecule has 1 aromatic carbocycles. The Balaban J connectivity index is 0.000000540. The number of hydrogen-bond acceptors (Lipinski definition) is 6. The minimum absolute atomic E-state index is 0.161. The summed E-state index contributed by atoms with van der Waals surface area (Å²) in [7, 11) is 5.37. The lowest BCUT2D eigenvalue weighted by Gasteiger charge is -2.25. The number of nitrogens with zero attached hydrogens (tertiary/aromatic N) is 5. The zero-order chi connectivity index (χ0) is 26.8. The molecule has 1 aliphatic carbocycles. The number of halogens is 1. The van der Waals surface area contributed by atoms with Gasteiger partial charge in [-0.1, -0.05) is 12.5 Å². The van der Waals surface area contributed by atoms with Crippen molar-refractivity contribution in [3.63, 3.8) is 0 Å². The molecule has 1 saturated carbocycles. The number of aromatic nitrogens is 4. The van der Waals surface area contributed by atoms with Crippen LogP contribution in [0.5, 0.6) is 5.75 Å². The van der Waals surface area contributed by atoms with Crippen molar-refractivity contribution in [2.45, 2.75) is 38.2 Å². The van der Waals surface area contributed by atoms with Gasteiger partial charge in [-0.15, -0.1) is 0 Å². The molecule has 2 aliphatic rings. The summed E-state index contributed by atoms with van der Waals surface area (Å²) in [6.07, 6.45) is 8.48. The highest BCUT2D eigenvalue weighted by Gasteiger charge is 2.30. The molecule has 196 valence electrons. The van der Waals surface area contributed by atoms with Crippen LogP contribution in [0.25, 0.3) is 22.4 Å². The third-order valence-electron chi connectivity index (χ3n) is 7.02. The van der Waals surface area contributed by atoms with Crippen LogP contribution in [-0.4, -0.2) is 45.2 Å². The van der Waals surface area contributed by atoms with Crippen LogP contribution in [0.4, 0.5) is 10.2 Å². The predicted octanol–water partition coefficient (Wildman–Crippen LogP) is 4.72. The molecule has 0 atom stereocenters. The van der Waals surface area contributed by atoms with Gasteiger partial charge in [0.15, 0.2) is 11.6 Å². The quantitative estimate of drug-likeness (QED) is 0.389. The van der Waals surface area contributed by atoms with Crippen LogP contribution >= 0.6 is 0 Å². The summed E-state index contributed by atoms with van der Waals surface area (Å²) in [5.74, 6) is 0.925. The number of nitrogen functional groups attached to an aromatic ring is 1. The lowest BCUT2D eigenvalue weighted by atomic mass is 9.80. The number of aryl methyl sites for hydroxylation is 1. The smallest absolute Gasteiger partial charge is 0.209 e. The highest BCUT2D eigenvalue weighted by Crippen LogP contribution is 2.44. The number of carbonyl (C=O) groups excluding carboxylic acids is 1. The number of pyridine rings is 2. The van der Waals surface area contributed by atoms with Gasteiger partial charge < -0.3 is 15.4 Å². The molecule has 8 nitrogen and oxygen atoms in total. The van der Waals surface area contributed by atoms with Gasteiger partial charge in [0.1, 0.15) is 12.4 Å². The molecule has 38 heavy (non-hydrogen) atoms. The molecule has 1 fully saturated rings. The van der Waals surface area contributed by atoms with Gasteiger partial charge in [-0.2, -0.15) is 5.10 Å². The number of rotatable bonds is 2. The van der Waals surface area contributed by atoms with Crippen LogP contribution in [0.15, 0.2) is 48.8 Å². The standard InChI is InChI=1S/C26H24FN5O.C3H7NO/c1-32-21-11-16-6-3-9-29-24(16)20-8-7-19(27)10-18(20)14-33-22-12-17(13-30-26(22)28)23(21)25(31-32)15-4-2-5-15;1-4(2)3-5/h3,6-10,12-13,15H,2,4-5,11,14H2,1H3,(H2,28,30);3H,1-2H3. The summed E-state index contributed by atoms with van der Waals surface area (Å²) < 4.78 is 22.2. The van der Waals surface area contributed by atoms with E-state index in [0.717, 1.165) is 58.6 Å². The third kappa shape index (κ3) is 4.96. The first-order valence-corrected chi connectivity index (χ1v) is 12.6. The van der Waals surface area contributed by atoms with Crippen molar-refractivity contribution in [2.75, 3.05) is 19.8 Å². The van der Waals surface area contributed by atoms with Gasteiger partial charge in [0.25, 0.3) is 0 Å². The topological polar surface area (TPSA) is 99.2 Å². The van der Waals surface area contributed by atoms with Gasteiger partial charge in [-0.3, -0.25) is 14.5 Å². The van der Waals surface area contributed by atoms with Crippen molar-refractivity contribution < 1.29 is 13.9 Å². The Morgan fingerprint density at radius 2 is 1.95 bits per heavy atom. The predicted molar refractivity (Wildman–Crippen MR) is 144 cm³/mol. The van der Waals surface area contributed by atoms with Crippen molar-refractivity contribution in [1.29, 1.82) is 0 Å². The molecule has 6 rings (SSSR count). The highest BCUT2D eigenvalue weighted by molar-refractivity contribution is 5.74. The van der Waals surface area contributed by atoms with Gasteiger partial charge in [-0.25, -0.2) is 9.37 Å². The van der Waals surface area contributed by atoms with Crippen LogP contribution in [-0.2, 0) is 24.9 Å². The maximum atomic E-state index is 14.2. The first kappa shape index (κ1) is 25.4. The number of fused-ring (bicyclic) bond motifs is 7. The molecule has 2 bridgehead atoms. The van der Waals surface area contributed by atoms with Gasteiger partial charge >= 0.3 is 0 Å². The molecule has 0 spiro atoms. The van der Waals surface area contributed by atoms with E-state index >= 15 is 0 Å². The molecule has 2 N–H and O–H groups in total. The van der Waals surface area contributed by atoms with E-state index in [2.05, 4.69) is 11.1 Å². The normalized spacial score (nSPS) is 14.1. The van der Waals surface area contributed by atoms with Crippen LogP contribution in [0.3, 0.4) is 0 Å². The number of amides is 1. The van der Waals surface area contributed by atoms with Gasteiger partial charge in [0.2, 0.25) is 6.41 Å². The molecule has 0 radical (unpaired) electrons. The van der Waals surface area contributed by atoms with E-state index in [1.54, 1.807) is 32.6 Å². The maximum absolute atomic E-state index is 14.2. The number of ether oxygens (including phenoxy) is 1. The number of anilines is 1. The van der Waals surface area contributed by atoms with Crippen molar-refractivity contribution in [3.05, 3.63) is 77.1 Å². The van der Waals surface area contributed by atoms with Gasteiger partial charge in [0, 0.05) is 68.1 Å². The Labute approximate surface area is 221 Å². The summed E-state index contributed by atoms with van der Waals surface area (Å²) in [6, 6.07) is 10.7. The number of hydrogen-bond donors (Lipinski definition) is 1. The largest absolute Gasteiger partial charge is 0.485 e. The third-order valence-corrected chi connectivity index (χ3v) is 7.02. The molecule has 0 saturated heterocycles. The van der Waals surface area contributed by atoms with E-state index in [-0.39, 0.29) is 12.4 Å². The van der Waals surface area contributed by atoms with Crippen molar-refractivity contribution in [1.82, 2.24) is 24.6 Å². The first-order valence-electron chi connectivity index (χ1n) is 12.6. The molecule has 1 amide bonds. The van der Waals surface area contributed by atoms with Crippen molar-refractivity contribution in [3.8, 4) is 28.1 Å². The number of carbonyl (C=O) groups is 1. The van der Waals surface area contributed by atoms with Crippen LogP contribution in [0, 0.1) is 5.82 Å². The van der Waals surface area contributed by atoms with Gasteiger partial charge in [0.05, 0.1) is 17.1 Å². The van der Waals surface area contributed by atoms with E-state index in [4.69, 9.17) is 20.6 Å². The second-order valence-corrected chi connectivity index (χ2v) is 9.91. The van der Waals surface area contributed by atoms with Crippen LogP contribution < -0.4 is 10.5 Å². The lowest BCUT2D eigenvalue weighted by Crippen LogP contribution is -2.11. The minimum Gasteiger partial charge on any atom is -0.485 e. The average Bonchev–Trinajstić information content (AvgIpc) is 3.17. The Kier molecular flexibility index (Phi) is 7.09. The summed E-state index contributed by atoms with van der Waals surface area (Å²) in [5.41, 5.74) is 13.8. The van der Waals surface area contributed by atoms with E-state index in [9.17, 15) is 9.18 Å². The van der Waals surface area contributed by atoms with Crippen molar-refractivity contribution >= 4 is 12.2 Å². The van der Waals surface area contributed by atoms with Crippen LogP contribution in [0.1, 0.15) is 47.7 Å². The molecule has 4 aromatic rings. The Morgan fingerprint density at radius 3 is 2.66 bits per heavy atom. The zero-order valence-electron chi connectivity index (χ0n) is 21.8. The molecule has 3 aromatic heterocycles.